The Morgan fingerprint density at radius 2 is 2.36 bits per heavy atom. The summed E-state index contributed by atoms with van der Waals surface area (Å²) in [6, 6.07) is 0. The highest BCUT2D eigenvalue weighted by Crippen LogP contribution is 2.29. The Morgan fingerprint density at radius 1 is 1.55 bits per heavy atom. The first-order valence-electron chi connectivity index (χ1n) is 3.76. The maximum absolute atomic E-state index is 5.55. The first kappa shape index (κ1) is 7.37. The normalized spacial score (nSPS) is 16.5. The largest absolute Gasteiger partial charge is 0.465 e. The van der Waals surface area contributed by atoms with Crippen LogP contribution >= 0.6 is 15.9 Å². The number of hydrogen-bond donors (Lipinski definition) is 1. The SMILES string of the molecule is Cc1oc2c(c1Br)CNCC2. The number of furan rings is 1. The third-order valence-electron chi connectivity index (χ3n) is 2.02. The summed E-state index contributed by atoms with van der Waals surface area (Å²) >= 11 is 3.50. The minimum Gasteiger partial charge on any atom is -0.465 e. The van der Waals surface area contributed by atoms with Crippen molar-refractivity contribution in [3.63, 3.8) is 0 Å². The first-order chi connectivity index (χ1) is 5.29. The molecule has 0 unspecified atom stereocenters. The van der Waals surface area contributed by atoms with Gasteiger partial charge in [0.1, 0.15) is 11.5 Å². The first-order valence-corrected chi connectivity index (χ1v) is 4.55. The van der Waals surface area contributed by atoms with Gasteiger partial charge >= 0.3 is 0 Å². The number of fused-ring (bicyclic) bond motifs is 1. The van der Waals surface area contributed by atoms with Gasteiger partial charge in [-0.25, -0.2) is 0 Å². The van der Waals surface area contributed by atoms with Crippen LogP contribution in [0.5, 0.6) is 0 Å². The molecule has 0 bridgehead atoms. The number of hydrogen-bond acceptors (Lipinski definition) is 2. The molecule has 1 N–H and O–H groups in total. The van der Waals surface area contributed by atoms with Gasteiger partial charge in [0.2, 0.25) is 0 Å². The molecular formula is C8H10BrNO. The summed E-state index contributed by atoms with van der Waals surface area (Å²) in [5.74, 6) is 2.15. The van der Waals surface area contributed by atoms with Crippen molar-refractivity contribution in [2.24, 2.45) is 0 Å². The Morgan fingerprint density at radius 3 is 3.09 bits per heavy atom. The topological polar surface area (TPSA) is 25.2 Å². The molecule has 0 saturated carbocycles. The van der Waals surface area contributed by atoms with Crippen molar-refractivity contribution in [2.45, 2.75) is 19.9 Å². The van der Waals surface area contributed by atoms with Crippen LogP contribution in [-0.4, -0.2) is 6.54 Å². The van der Waals surface area contributed by atoms with Crippen molar-refractivity contribution in [2.75, 3.05) is 6.54 Å². The predicted octanol–water partition coefficient (Wildman–Crippen LogP) is 2.00. The van der Waals surface area contributed by atoms with Gasteiger partial charge in [0.25, 0.3) is 0 Å². The van der Waals surface area contributed by atoms with Crippen molar-refractivity contribution in [1.82, 2.24) is 5.32 Å². The van der Waals surface area contributed by atoms with E-state index in [1.807, 2.05) is 6.92 Å². The van der Waals surface area contributed by atoms with E-state index < -0.39 is 0 Å². The summed E-state index contributed by atoms with van der Waals surface area (Å²) in [5.41, 5.74) is 1.30. The highest BCUT2D eigenvalue weighted by molar-refractivity contribution is 9.10. The van der Waals surface area contributed by atoms with Crippen molar-refractivity contribution in [1.29, 1.82) is 0 Å². The Bertz CT molecular complexity index is 280. The molecule has 0 atom stereocenters. The highest BCUT2D eigenvalue weighted by Gasteiger charge is 2.17. The minimum absolute atomic E-state index is 0.938. The zero-order valence-electron chi connectivity index (χ0n) is 6.41. The second-order valence-electron chi connectivity index (χ2n) is 2.80. The van der Waals surface area contributed by atoms with E-state index in [1.54, 1.807) is 0 Å². The van der Waals surface area contributed by atoms with Gasteiger partial charge in [-0.2, -0.15) is 0 Å². The summed E-state index contributed by atoms with van der Waals surface area (Å²) in [7, 11) is 0. The maximum atomic E-state index is 5.55. The van der Waals surface area contributed by atoms with Gasteiger partial charge < -0.3 is 9.73 Å². The monoisotopic (exact) mass is 215 g/mol. The van der Waals surface area contributed by atoms with Gasteiger partial charge in [-0.05, 0) is 22.9 Å². The van der Waals surface area contributed by atoms with Crippen LogP contribution in [0.25, 0.3) is 0 Å². The number of halogens is 1. The van der Waals surface area contributed by atoms with Crippen LogP contribution in [0.3, 0.4) is 0 Å². The third-order valence-corrected chi connectivity index (χ3v) is 3.05. The molecule has 0 saturated heterocycles. The van der Waals surface area contributed by atoms with Crippen LogP contribution < -0.4 is 5.32 Å². The van der Waals surface area contributed by atoms with Gasteiger partial charge in [-0.3, -0.25) is 0 Å². The molecule has 11 heavy (non-hydrogen) atoms. The third kappa shape index (κ3) is 1.12. The number of nitrogens with one attached hydrogen (secondary N) is 1. The van der Waals surface area contributed by atoms with Gasteiger partial charge in [0.15, 0.2) is 0 Å². The fourth-order valence-corrected chi connectivity index (χ4v) is 1.86. The van der Waals surface area contributed by atoms with Crippen molar-refractivity contribution in [3.8, 4) is 0 Å². The van der Waals surface area contributed by atoms with E-state index in [1.165, 1.54) is 5.56 Å². The molecule has 0 spiro atoms. The highest BCUT2D eigenvalue weighted by atomic mass is 79.9. The molecule has 0 amide bonds. The van der Waals surface area contributed by atoms with E-state index in [-0.39, 0.29) is 0 Å². The van der Waals surface area contributed by atoms with Crippen molar-refractivity contribution < 1.29 is 4.42 Å². The molecule has 1 aromatic rings. The van der Waals surface area contributed by atoms with E-state index in [4.69, 9.17) is 4.42 Å². The molecular weight excluding hydrogens is 206 g/mol. The van der Waals surface area contributed by atoms with Crippen LogP contribution in [0.4, 0.5) is 0 Å². The van der Waals surface area contributed by atoms with Gasteiger partial charge in [0, 0.05) is 25.1 Å². The van der Waals surface area contributed by atoms with Crippen LogP contribution in [0.1, 0.15) is 17.1 Å². The number of aryl methyl sites for hydroxylation is 1. The Labute approximate surface area is 74.1 Å². The molecule has 2 nitrogen and oxygen atoms in total. The lowest BCUT2D eigenvalue weighted by Crippen LogP contribution is -2.22. The van der Waals surface area contributed by atoms with E-state index >= 15 is 0 Å². The van der Waals surface area contributed by atoms with E-state index in [0.717, 1.165) is 35.5 Å². The molecule has 0 aromatic carbocycles. The average Bonchev–Trinajstić information content (AvgIpc) is 2.30. The fourth-order valence-electron chi connectivity index (χ4n) is 1.42. The smallest absolute Gasteiger partial charge is 0.115 e. The average molecular weight is 216 g/mol. The molecule has 0 fully saturated rings. The Kier molecular flexibility index (Phi) is 1.77. The van der Waals surface area contributed by atoms with E-state index in [9.17, 15) is 0 Å². The van der Waals surface area contributed by atoms with Crippen LogP contribution in [0.2, 0.25) is 0 Å². The van der Waals surface area contributed by atoms with Gasteiger partial charge in [-0.1, -0.05) is 0 Å². The van der Waals surface area contributed by atoms with E-state index in [2.05, 4.69) is 21.2 Å². The summed E-state index contributed by atoms with van der Waals surface area (Å²) in [6.07, 6.45) is 1.02. The van der Waals surface area contributed by atoms with Crippen LogP contribution in [0.15, 0.2) is 8.89 Å². The summed E-state index contributed by atoms with van der Waals surface area (Å²) < 4.78 is 6.69. The fraction of sp³-hybridized carbons (Fsp3) is 0.500. The minimum atomic E-state index is 0.938. The molecule has 2 heterocycles. The molecule has 0 radical (unpaired) electrons. The second-order valence-corrected chi connectivity index (χ2v) is 3.59. The van der Waals surface area contributed by atoms with Crippen LogP contribution in [-0.2, 0) is 13.0 Å². The molecule has 3 heteroatoms. The quantitative estimate of drug-likeness (QED) is 0.717. The van der Waals surface area contributed by atoms with Crippen molar-refractivity contribution >= 4 is 15.9 Å². The van der Waals surface area contributed by atoms with Crippen LogP contribution in [0, 0.1) is 6.92 Å². The molecule has 60 valence electrons. The van der Waals surface area contributed by atoms with Gasteiger partial charge in [0.05, 0.1) is 4.47 Å². The second kappa shape index (κ2) is 2.64. The van der Waals surface area contributed by atoms with Crippen molar-refractivity contribution in [3.05, 3.63) is 21.6 Å². The standard InChI is InChI=1S/C8H10BrNO/c1-5-8(9)6-4-10-3-2-7(6)11-5/h10H,2-4H2,1H3. The van der Waals surface area contributed by atoms with Gasteiger partial charge in [-0.15, -0.1) is 0 Å². The Hall–Kier alpha value is -0.280. The lowest BCUT2D eigenvalue weighted by atomic mass is 10.1. The zero-order chi connectivity index (χ0) is 7.84. The summed E-state index contributed by atoms with van der Waals surface area (Å²) in [6.45, 7) is 3.96. The molecule has 1 aliphatic rings. The lowest BCUT2D eigenvalue weighted by molar-refractivity contribution is 0.455. The Balaban J connectivity index is 2.50. The summed E-state index contributed by atoms with van der Waals surface area (Å²) in [5, 5.41) is 3.31. The predicted molar refractivity (Wildman–Crippen MR) is 46.6 cm³/mol. The molecule has 2 rings (SSSR count). The zero-order valence-corrected chi connectivity index (χ0v) is 7.99. The molecule has 0 aliphatic carbocycles. The lowest BCUT2D eigenvalue weighted by Gasteiger charge is -2.10. The molecule has 1 aliphatic heterocycles. The molecule has 1 aromatic heterocycles. The number of rotatable bonds is 0. The van der Waals surface area contributed by atoms with E-state index in [0.29, 0.717) is 0 Å². The summed E-state index contributed by atoms with van der Waals surface area (Å²) in [4.78, 5) is 0. The maximum Gasteiger partial charge on any atom is 0.115 e.